The van der Waals surface area contributed by atoms with Gasteiger partial charge in [-0.2, -0.15) is 0 Å². The lowest BCUT2D eigenvalue weighted by Crippen LogP contribution is -2.21. The first kappa shape index (κ1) is 12.8. The van der Waals surface area contributed by atoms with Crippen molar-refractivity contribution >= 4 is 5.97 Å². The smallest absolute Gasteiger partial charge is 0.335 e. The van der Waals surface area contributed by atoms with Gasteiger partial charge in [-0.1, -0.05) is 0 Å². The first-order chi connectivity index (χ1) is 8.66. The Balaban J connectivity index is 1.94. The topological polar surface area (TPSA) is 55.8 Å². The van der Waals surface area contributed by atoms with Crippen LogP contribution in [0.3, 0.4) is 0 Å². The van der Waals surface area contributed by atoms with Gasteiger partial charge in [0.05, 0.1) is 12.2 Å². The molecule has 5 heteroatoms. The highest BCUT2D eigenvalue weighted by atomic mass is 19.1. The molecule has 1 aromatic carbocycles. The molecule has 0 spiro atoms. The summed E-state index contributed by atoms with van der Waals surface area (Å²) in [5.41, 5.74) is -0.0779. The van der Waals surface area contributed by atoms with Crippen molar-refractivity contribution in [1.82, 2.24) is 0 Å². The summed E-state index contributed by atoms with van der Waals surface area (Å²) in [7, 11) is 0. The molecule has 2 rings (SSSR count). The molecule has 1 aliphatic heterocycles. The van der Waals surface area contributed by atoms with Crippen LogP contribution >= 0.6 is 0 Å². The van der Waals surface area contributed by atoms with Gasteiger partial charge in [-0.05, 0) is 37.0 Å². The third-order valence-corrected chi connectivity index (χ3v) is 2.99. The van der Waals surface area contributed by atoms with Gasteiger partial charge in [-0.15, -0.1) is 0 Å². The SMILES string of the molecule is O=C(O)c1ccc(OCC2CCOCC2)c(F)c1. The van der Waals surface area contributed by atoms with Gasteiger partial charge < -0.3 is 14.6 Å². The van der Waals surface area contributed by atoms with E-state index in [1.807, 2.05) is 0 Å². The Labute approximate surface area is 104 Å². The molecule has 4 nitrogen and oxygen atoms in total. The molecule has 1 N–H and O–H groups in total. The van der Waals surface area contributed by atoms with Crippen LogP contribution in [0.4, 0.5) is 4.39 Å². The normalized spacial score (nSPS) is 16.5. The Bertz CT molecular complexity index is 427. The third kappa shape index (κ3) is 3.20. The van der Waals surface area contributed by atoms with Crippen LogP contribution in [-0.2, 0) is 4.74 Å². The van der Waals surface area contributed by atoms with Crippen molar-refractivity contribution in [2.45, 2.75) is 12.8 Å². The van der Waals surface area contributed by atoms with E-state index in [-0.39, 0.29) is 11.3 Å². The summed E-state index contributed by atoms with van der Waals surface area (Å²) < 4.78 is 24.2. The highest BCUT2D eigenvalue weighted by Gasteiger charge is 2.16. The lowest BCUT2D eigenvalue weighted by molar-refractivity contribution is 0.0491. The Kier molecular flexibility index (Phi) is 4.15. The van der Waals surface area contributed by atoms with Gasteiger partial charge in [0.1, 0.15) is 0 Å². The molecule has 0 aromatic heterocycles. The van der Waals surface area contributed by atoms with E-state index in [0.717, 1.165) is 18.9 Å². The molecule has 0 bridgehead atoms. The third-order valence-electron chi connectivity index (χ3n) is 2.99. The molecule has 0 aliphatic carbocycles. The van der Waals surface area contributed by atoms with Crippen LogP contribution in [0.25, 0.3) is 0 Å². The Morgan fingerprint density at radius 2 is 2.17 bits per heavy atom. The maximum atomic E-state index is 13.6. The van der Waals surface area contributed by atoms with Crippen LogP contribution in [0.5, 0.6) is 5.75 Å². The number of benzene rings is 1. The summed E-state index contributed by atoms with van der Waals surface area (Å²) in [6.45, 7) is 1.87. The highest BCUT2D eigenvalue weighted by Crippen LogP contribution is 2.21. The fourth-order valence-corrected chi connectivity index (χ4v) is 1.87. The second-order valence-corrected chi connectivity index (χ2v) is 4.32. The number of ether oxygens (including phenoxy) is 2. The van der Waals surface area contributed by atoms with E-state index in [1.54, 1.807) is 0 Å². The standard InChI is InChI=1S/C13H15FO4/c14-11-7-10(13(15)16)1-2-12(11)18-8-9-3-5-17-6-4-9/h1-2,7,9H,3-6,8H2,(H,15,16). The minimum Gasteiger partial charge on any atom is -0.490 e. The van der Waals surface area contributed by atoms with Gasteiger partial charge in [-0.3, -0.25) is 0 Å². The van der Waals surface area contributed by atoms with Crippen molar-refractivity contribution in [2.24, 2.45) is 5.92 Å². The molecule has 1 aromatic rings. The van der Waals surface area contributed by atoms with Gasteiger partial charge in [0.15, 0.2) is 11.6 Å². The molecule has 0 radical (unpaired) electrons. The Hall–Kier alpha value is -1.62. The number of halogens is 1. The van der Waals surface area contributed by atoms with Gasteiger partial charge in [0.25, 0.3) is 0 Å². The van der Waals surface area contributed by atoms with E-state index >= 15 is 0 Å². The number of carboxylic acids is 1. The van der Waals surface area contributed by atoms with Crippen LogP contribution in [0, 0.1) is 11.7 Å². The number of rotatable bonds is 4. The second-order valence-electron chi connectivity index (χ2n) is 4.32. The van der Waals surface area contributed by atoms with Crippen molar-refractivity contribution < 1.29 is 23.8 Å². The average molecular weight is 254 g/mol. The number of hydrogen-bond donors (Lipinski definition) is 1. The average Bonchev–Trinajstić information content (AvgIpc) is 2.38. The number of aromatic carboxylic acids is 1. The lowest BCUT2D eigenvalue weighted by Gasteiger charge is -2.22. The van der Waals surface area contributed by atoms with Crippen molar-refractivity contribution in [3.8, 4) is 5.75 Å². The molecule has 1 heterocycles. The van der Waals surface area contributed by atoms with Crippen LogP contribution < -0.4 is 4.74 Å². The molecule has 98 valence electrons. The summed E-state index contributed by atoms with van der Waals surface area (Å²) in [4.78, 5) is 10.6. The maximum Gasteiger partial charge on any atom is 0.335 e. The monoisotopic (exact) mass is 254 g/mol. The molecule has 1 saturated heterocycles. The van der Waals surface area contributed by atoms with Crippen molar-refractivity contribution in [3.05, 3.63) is 29.6 Å². The summed E-state index contributed by atoms with van der Waals surface area (Å²) in [6.07, 6.45) is 1.82. The highest BCUT2D eigenvalue weighted by molar-refractivity contribution is 5.87. The van der Waals surface area contributed by atoms with E-state index in [9.17, 15) is 9.18 Å². The van der Waals surface area contributed by atoms with Crippen molar-refractivity contribution in [3.63, 3.8) is 0 Å². The molecule has 0 atom stereocenters. The van der Waals surface area contributed by atoms with Gasteiger partial charge in [-0.25, -0.2) is 9.18 Å². The Morgan fingerprint density at radius 3 is 2.78 bits per heavy atom. The van der Waals surface area contributed by atoms with Crippen LogP contribution in [-0.4, -0.2) is 30.9 Å². The fraction of sp³-hybridized carbons (Fsp3) is 0.462. The van der Waals surface area contributed by atoms with E-state index in [0.29, 0.717) is 25.7 Å². The molecule has 18 heavy (non-hydrogen) atoms. The van der Waals surface area contributed by atoms with Crippen LogP contribution in [0.2, 0.25) is 0 Å². The molecule has 1 fully saturated rings. The zero-order valence-electron chi connectivity index (χ0n) is 9.89. The second kappa shape index (κ2) is 5.82. The minimum atomic E-state index is -1.15. The molecular formula is C13H15FO4. The summed E-state index contributed by atoms with van der Waals surface area (Å²) in [5.74, 6) is -1.31. The predicted molar refractivity (Wildman–Crippen MR) is 62.4 cm³/mol. The van der Waals surface area contributed by atoms with Crippen molar-refractivity contribution in [2.75, 3.05) is 19.8 Å². The zero-order valence-corrected chi connectivity index (χ0v) is 9.89. The Morgan fingerprint density at radius 1 is 1.44 bits per heavy atom. The fourth-order valence-electron chi connectivity index (χ4n) is 1.87. The molecule has 0 amide bonds. The summed E-state index contributed by atoms with van der Waals surface area (Å²) >= 11 is 0. The van der Waals surface area contributed by atoms with E-state index in [4.69, 9.17) is 14.6 Å². The molecule has 0 saturated carbocycles. The summed E-state index contributed by atoms with van der Waals surface area (Å²) in [6, 6.07) is 3.67. The molecule has 0 unspecified atom stereocenters. The number of carbonyl (C=O) groups is 1. The molecule has 1 aliphatic rings. The van der Waals surface area contributed by atoms with Crippen LogP contribution in [0.15, 0.2) is 18.2 Å². The summed E-state index contributed by atoms with van der Waals surface area (Å²) in [5, 5.41) is 8.71. The predicted octanol–water partition coefficient (Wildman–Crippen LogP) is 2.33. The minimum absolute atomic E-state index is 0.0779. The lowest BCUT2D eigenvalue weighted by atomic mass is 10.0. The molecular weight excluding hydrogens is 239 g/mol. The van der Waals surface area contributed by atoms with Gasteiger partial charge in [0, 0.05) is 13.2 Å². The number of carboxylic acid groups (broad SMARTS) is 1. The largest absolute Gasteiger partial charge is 0.490 e. The van der Waals surface area contributed by atoms with E-state index < -0.39 is 11.8 Å². The van der Waals surface area contributed by atoms with E-state index in [1.165, 1.54) is 12.1 Å². The van der Waals surface area contributed by atoms with Gasteiger partial charge in [0.2, 0.25) is 0 Å². The quantitative estimate of drug-likeness (QED) is 0.896. The maximum absolute atomic E-state index is 13.6. The van der Waals surface area contributed by atoms with Crippen molar-refractivity contribution in [1.29, 1.82) is 0 Å². The number of hydrogen-bond acceptors (Lipinski definition) is 3. The first-order valence-electron chi connectivity index (χ1n) is 5.90. The van der Waals surface area contributed by atoms with Gasteiger partial charge >= 0.3 is 5.97 Å². The zero-order chi connectivity index (χ0) is 13.0. The van der Waals surface area contributed by atoms with E-state index in [2.05, 4.69) is 0 Å². The first-order valence-corrected chi connectivity index (χ1v) is 5.90. The van der Waals surface area contributed by atoms with Crippen LogP contribution in [0.1, 0.15) is 23.2 Å².